The second kappa shape index (κ2) is 5.66. The van der Waals surface area contributed by atoms with Gasteiger partial charge in [0.25, 0.3) is 5.56 Å². The van der Waals surface area contributed by atoms with Crippen molar-refractivity contribution in [1.82, 2.24) is 9.97 Å². The van der Waals surface area contributed by atoms with Crippen molar-refractivity contribution in [3.63, 3.8) is 0 Å². The van der Waals surface area contributed by atoms with Gasteiger partial charge in [0.05, 0.1) is 6.33 Å². The maximum atomic E-state index is 11.3. The van der Waals surface area contributed by atoms with E-state index in [0.29, 0.717) is 12.4 Å². The maximum absolute atomic E-state index is 11.3. The van der Waals surface area contributed by atoms with Gasteiger partial charge in [-0.05, 0) is 30.7 Å². The first-order valence-electron chi connectivity index (χ1n) is 5.50. The normalized spacial score (nSPS) is 10.3. The third kappa shape index (κ3) is 2.88. The summed E-state index contributed by atoms with van der Waals surface area (Å²) in [7, 11) is 0. The quantitative estimate of drug-likeness (QED) is 0.784. The van der Waals surface area contributed by atoms with Crippen LogP contribution in [0, 0.1) is 0 Å². The van der Waals surface area contributed by atoms with E-state index in [4.69, 9.17) is 17.3 Å². The molecule has 5 nitrogen and oxygen atoms in total. The van der Waals surface area contributed by atoms with Gasteiger partial charge in [0, 0.05) is 5.69 Å². The predicted molar refractivity (Wildman–Crippen MR) is 72.4 cm³/mol. The van der Waals surface area contributed by atoms with Crippen LogP contribution in [0.1, 0.15) is 5.56 Å². The molecule has 2 rings (SSSR count). The molecule has 0 aliphatic rings. The first-order chi connectivity index (χ1) is 8.70. The van der Waals surface area contributed by atoms with Crippen LogP contribution in [0.4, 0.5) is 11.5 Å². The fourth-order valence-electron chi connectivity index (χ4n) is 1.53. The lowest BCUT2D eigenvalue weighted by atomic mass is 10.1. The molecule has 0 aliphatic carbocycles. The van der Waals surface area contributed by atoms with E-state index in [0.717, 1.165) is 17.7 Å². The van der Waals surface area contributed by atoms with Crippen LogP contribution in [0.2, 0.25) is 5.02 Å². The molecular formula is C12H13ClN4O. The van der Waals surface area contributed by atoms with Crippen LogP contribution in [0.25, 0.3) is 0 Å². The molecule has 0 spiro atoms. The van der Waals surface area contributed by atoms with Crippen LogP contribution in [0.3, 0.4) is 0 Å². The average molecular weight is 265 g/mol. The van der Waals surface area contributed by atoms with Gasteiger partial charge < -0.3 is 16.0 Å². The van der Waals surface area contributed by atoms with E-state index in [-0.39, 0.29) is 10.6 Å². The highest BCUT2D eigenvalue weighted by Crippen LogP contribution is 2.19. The first kappa shape index (κ1) is 12.6. The summed E-state index contributed by atoms with van der Waals surface area (Å²) in [4.78, 5) is 17.7. The van der Waals surface area contributed by atoms with Gasteiger partial charge in [-0.3, -0.25) is 4.79 Å². The number of hydrogen-bond acceptors (Lipinski definition) is 4. The molecule has 0 bridgehead atoms. The van der Waals surface area contributed by atoms with Crippen molar-refractivity contribution in [3.8, 4) is 0 Å². The zero-order valence-electron chi connectivity index (χ0n) is 9.61. The van der Waals surface area contributed by atoms with Gasteiger partial charge in [0.1, 0.15) is 5.02 Å². The minimum Gasteiger partial charge on any atom is -0.339 e. The molecule has 1 heterocycles. The van der Waals surface area contributed by atoms with Gasteiger partial charge in [0.15, 0.2) is 5.82 Å². The number of nitrogens with zero attached hydrogens (tertiary/aromatic N) is 1. The molecule has 4 N–H and O–H groups in total. The van der Waals surface area contributed by atoms with Crippen LogP contribution in [-0.4, -0.2) is 16.5 Å². The molecule has 2 aromatic rings. The van der Waals surface area contributed by atoms with Crippen molar-refractivity contribution >= 4 is 23.1 Å². The van der Waals surface area contributed by atoms with Crippen molar-refractivity contribution in [2.24, 2.45) is 5.73 Å². The van der Waals surface area contributed by atoms with Crippen LogP contribution >= 0.6 is 11.6 Å². The number of halogens is 1. The van der Waals surface area contributed by atoms with Crippen LogP contribution in [0.15, 0.2) is 35.4 Å². The summed E-state index contributed by atoms with van der Waals surface area (Å²) >= 11 is 5.84. The van der Waals surface area contributed by atoms with Gasteiger partial charge in [-0.15, -0.1) is 0 Å². The number of rotatable bonds is 4. The Labute approximate surface area is 109 Å². The van der Waals surface area contributed by atoms with Crippen molar-refractivity contribution < 1.29 is 0 Å². The molecule has 18 heavy (non-hydrogen) atoms. The summed E-state index contributed by atoms with van der Waals surface area (Å²) in [5.74, 6) is 0.340. The standard InChI is InChI=1S/C12H13ClN4O/c13-10-11(15-7-16-12(10)18)17-9-3-1-8(2-4-9)5-6-14/h1-4,7H,5-6,14H2,(H2,15,16,17,18). The molecule has 0 radical (unpaired) electrons. The fraction of sp³-hybridized carbons (Fsp3) is 0.167. The lowest BCUT2D eigenvalue weighted by Gasteiger charge is -2.07. The molecule has 6 heteroatoms. The zero-order chi connectivity index (χ0) is 13.0. The van der Waals surface area contributed by atoms with Crippen molar-refractivity contribution in [2.75, 3.05) is 11.9 Å². The molecule has 0 saturated carbocycles. The molecule has 0 aliphatic heterocycles. The van der Waals surface area contributed by atoms with Crippen LogP contribution in [-0.2, 0) is 6.42 Å². The van der Waals surface area contributed by atoms with Crippen molar-refractivity contribution in [3.05, 3.63) is 51.5 Å². The molecule has 94 valence electrons. The Kier molecular flexibility index (Phi) is 3.96. The Balaban J connectivity index is 2.18. The highest BCUT2D eigenvalue weighted by Gasteiger charge is 2.05. The van der Waals surface area contributed by atoms with Gasteiger partial charge >= 0.3 is 0 Å². The van der Waals surface area contributed by atoms with Gasteiger partial charge in [-0.1, -0.05) is 23.7 Å². The molecule has 1 aromatic heterocycles. The van der Waals surface area contributed by atoms with E-state index in [1.54, 1.807) is 0 Å². The number of H-pyrrole nitrogens is 1. The van der Waals surface area contributed by atoms with E-state index in [1.807, 2.05) is 24.3 Å². The van der Waals surface area contributed by atoms with E-state index in [9.17, 15) is 4.79 Å². The number of aromatic nitrogens is 2. The van der Waals surface area contributed by atoms with Crippen molar-refractivity contribution in [2.45, 2.75) is 6.42 Å². The SMILES string of the molecule is NCCc1ccc(Nc2nc[nH]c(=O)c2Cl)cc1. The first-order valence-corrected chi connectivity index (χ1v) is 5.87. The number of anilines is 2. The minimum absolute atomic E-state index is 0.0449. The molecule has 0 atom stereocenters. The maximum Gasteiger partial charge on any atom is 0.271 e. The molecule has 0 saturated heterocycles. The Hall–Kier alpha value is -1.85. The lowest BCUT2D eigenvalue weighted by Crippen LogP contribution is -2.09. The number of hydrogen-bond donors (Lipinski definition) is 3. The van der Waals surface area contributed by atoms with Crippen LogP contribution < -0.4 is 16.6 Å². The third-order valence-electron chi connectivity index (χ3n) is 2.45. The van der Waals surface area contributed by atoms with E-state index in [1.165, 1.54) is 6.33 Å². The molecule has 1 aromatic carbocycles. The molecule has 0 unspecified atom stereocenters. The highest BCUT2D eigenvalue weighted by atomic mass is 35.5. The van der Waals surface area contributed by atoms with E-state index >= 15 is 0 Å². The summed E-state index contributed by atoms with van der Waals surface area (Å²) in [5.41, 5.74) is 7.09. The second-order valence-corrected chi connectivity index (χ2v) is 4.13. The van der Waals surface area contributed by atoms with E-state index < -0.39 is 0 Å². The summed E-state index contributed by atoms with van der Waals surface area (Å²) in [6.07, 6.45) is 2.14. The van der Waals surface area contributed by atoms with Gasteiger partial charge in [-0.2, -0.15) is 0 Å². The summed E-state index contributed by atoms with van der Waals surface area (Å²) in [6, 6.07) is 7.72. The highest BCUT2D eigenvalue weighted by molar-refractivity contribution is 6.32. The van der Waals surface area contributed by atoms with Crippen molar-refractivity contribution in [1.29, 1.82) is 0 Å². The van der Waals surface area contributed by atoms with Gasteiger partial charge in [-0.25, -0.2) is 4.98 Å². The fourth-order valence-corrected chi connectivity index (χ4v) is 1.68. The van der Waals surface area contributed by atoms with Crippen LogP contribution in [0.5, 0.6) is 0 Å². The Morgan fingerprint density at radius 3 is 2.72 bits per heavy atom. The summed E-state index contributed by atoms with van der Waals surface area (Å²) < 4.78 is 0. The Morgan fingerprint density at radius 1 is 1.33 bits per heavy atom. The third-order valence-corrected chi connectivity index (χ3v) is 2.80. The van der Waals surface area contributed by atoms with Gasteiger partial charge in [0.2, 0.25) is 0 Å². The molecular weight excluding hydrogens is 252 g/mol. The second-order valence-electron chi connectivity index (χ2n) is 3.75. The largest absolute Gasteiger partial charge is 0.339 e. The topological polar surface area (TPSA) is 83.8 Å². The minimum atomic E-state index is -0.367. The Bertz CT molecular complexity index is 579. The summed E-state index contributed by atoms with van der Waals surface area (Å²) in [5, 5.41) is 3.03. The lowest BCUT2D eigenvalue weighted by molar-refractivity contribution is 0.969. The number of aromatic amines is 1. The number of benzene rings is 1. The molecule has 0 amide bonds. The average Bonchev–Trinajstić information content (AvgIpc) is 2.38. The smallest absolute Gasteiger partial charge is 0.271 e. The molecule has 0 fully saturated rings. The number of nitrogens with two attached hydrogens (primary N) is 1. The zero-order valence-corrected chi connectivity index (χ0v) is 10.4. The van der Waals surface area contributed by atoms with E-state index in [2.05, 4.69) is 15.3 Å². The summed E-state index contributed by atoms with van der Waals surface area (Å²) in [6.45, 7) is 0.619. The number of nitrogens with one attached hydrogen (secondary N) is 2. The predicted octanol–water partition coefficient (Wildman–Crippen LogP) is 1.67. The monoisotopic (exact) mass is 264 g/mol. The Morgan fingerprint density at radius 2 is 2.06 bits per heavy atom.